The minimum absolute atomic E-state index is 0.125. The number of carbonyl (C=O) groups is 1. The normalized spacial score (nSPS) is 10.4. The monoisotopic (exact) mass is 381 g/mol. The van der Waals surface area contributed by atoms with E-state index in [2.05, 4.69) is 21.2 Å². The third-order valence-corrected chi connectivity index (χ3v) is 3.66. The quantitative estimate of drug-likeness (QED) is 0.763. The number of benzene rings is 2. The Morgan fingerprint density at radius 3 is 2.65 bits per heavy atom. The van der Waals surface area contributed by atoms with Crippen molar-refractivity contribution in [2.45, 2.75) is 6.92 Å². The first-order valence-electron chi connectivity index (χ1n) is 7.00. The molecule has 0 aliphatic rings. The predicted molar refractivity (Wildman–Crippen MR) is 90.6 cm³/mol. The second-order valence-electron chi connectivity index (χ2n) is 4.90. The molecule has 0 aromatic heterocycles. The number of rotatable bonds is 6. The Morgan fingerprint density at radius 2 is 2.00 bits per heavy atom. The molecule has 0 spiro atoms. The number of methoxy groups -OCH3 is 1. The highest BCUT2D eigenvalue weighted by molar-refractivity contribution is 9.10. The van der Waals surface area contributed by atoms with Gasteiger partial charge in [0.2, 0.25) is 0 Å². The maximum atomic E-state index is 13.9. The lowest BCUT2D eigenvalue weighted by molar-refractivity contribution is 0.102. The summed E-state index contributed by atoms with van der Waals surface area (Å²) in [5.41, 5.74) is 1.74. The van der Waals surface area contributed by atoms with Crippen LogP contribution in [0.15, 0.2) is 40.9 Å². The van der Waals surface area contributed by atoms with Crippen LogP contribution in [0.5, 0.6) is 5.75 Å². The van der Waals surface area contributed by atoms with Gasteiger partial charge in [-0.2, -0.15) is 0 Å². The molecule has 0 fully saturated rings. The van der Waals surface area contributed by atoms with Crippen LogP contribution in [0.1, 0.15) is 15.9 Å². The van der Waals surface area contributed by atoms with Crippen LogP contribution in [0.2, 0.25) is 0 Å². The van der Waals surface area contributed by atoms with Gasteiger partial charge in [0.15, 0.2) is 11.6 Å². The summed E-state index contributed by atoms with van der Waals surface area (Å²) in [6, 6.07) is 9.66. The molecule has 4 nitrogen and oxygen atoms in total. The van der Waals surface area contributed by atoms with Gasteiger partial charge in [-0.3, -0.25) is 4.79 Å². The molecule has 0 saturated carbocycles. The minimum Gasteiger partial charge on any atom is -0.488 e. The van der Waals surface area contributed by atoms with Crippen molar-refractivity contribution in [1.29, 1.82) is 0 Å². The van der Waals surface area contributed by atoms with Crippen molar-refractivity contribution in [3.8, 4) is 5.75 Å². The van der Waals surface area contributed by atoms with E-state index >= 15 is 0 Å². The standard InChI is InChI=1S/C17H17BrFNO3/c1-11-9-12(18)3-5-14(11)17(21)20-13-4-6-16(15(19)10-13)23-8-7-22-2/h3-6,9-10H,7-8H2,1-2H3,(H,20,21). The Bertz CT molecular complexity index is 706. The van der Waals surface area contributed by atoms with Crippen molar-refractivity contribution in [3.63, 3.8) is 0 Å². The smallest absolute Gasteiger partial charge is 0.255 e. The molecule has 122 valence electrons. The largest absolute Gasteiger partial charge is 0.488 e. The van der Waals surface area contributed by atoms with Crippen LogP contribution < -0.4 is 10.1 Å². The third kappa shape index (κ3) is 4.77. The lowest BCUT2D eigenvalue weighted by Gasteiger charge is -2.10. The first-order valence-corrected chi connectivity index (χ1v) is 7.79. The fraction of sp³-hybridized carbons (Fsp3) is 0.235. The number of hydrogen-bond acceptors (Lipinski definition) is 3. The molecular weight excluding hydrogens is 365 g/mol. The van der Waals surface area contributed by atoms with Crippen molar-refractivity contribution < 1.29 is 18.7 Å². The molecule has 0 radical (unpaired) electrons. The number of amides is 1. The molecule has 0 saturated heterocycles. The van der Waals surface area contributed by atoms with E-state index in [1.165, 1.54) is 12.1 Å². The molecule has 23 heavy (non-hydrogen) atoms. The minimum atomic E-state index is -0.536. The van der Waals surface area contributed by atoms with E-state index in [1.807, 2.05) is 13.0 Å². The van der Waals surface area contributed by atoms with Crippen LogP contribution in [-0.4, -0.2) is 26.2 Å². The third-order valence-electron chi connectivity index (χ3n) is 3.17. The summed E-state index contributed by atoms with van der Waals surface area (Å²) in [4.78, 5) is 12.3. The van der Waals surface area contributed by atoms with Crippen LogP contribution in [0.25, 0.3) is 0 Å². The molecule has 0 bridgehead atoms. The highest BCUT2D eigenvalue weighted by atomic mass is 79.9. The SMILES string of the molecule is COCCOc1ccc(NC(=O)c2ccc(Br)cc2C)cc1F. The molecule has 1 amide bonds. The number of anilines is 1. The Labute approximate surface area is 142 Å². The highest BCUT2D eigenvalue weighted by Gasteiger charge is 2.11. The first kappa shape index (κ1) is 17.4. The van der Waals surface area contributed by atoms with E-state index in [0.29, 0.717) is 17.9 Å². The van der Waals surface area contributed by atoms with E-state index < -0.39 is 5.82 Å². The zero-order valence-electron chi connectivity index (χ0n) is 12.9. The van der Waals surface area contributed by atoms with Gasteiger partial charge in [0, 0.05) is 28.9 Å². The number of carbonyl (C=O) groups excluding carboxylic acids is 1. The zero-order valence-corrected chi connectivity index (χ0v) is 14.4. The fourth-order valence-electron chi connectivity index (χ4n) is 2.01. The van der Waals surface area contributed by atoms with E-state index in [1.54, 1.807) is 25.3 Å². The molecular formula is C17H17BrFNO3. The fourth-order valence-corrected chi connectivity index (χ4v) is 2.49. The molecule has 6 heteroatoms. The average molecular weight is 382 g/mol. The highest BCUT2D eigenvalue weighted by Crippen LogP contribution is 2.22. The van der Waals surface area contributed by atoms with E-state index in [0.717, 1.165) is 10.0 Å². The van der Waals surface area contributed by atoms with E-state index in [9.17, 15) is 9.18 Å². The van der Waals surface area contributed by atoms with E-state index in [-0.39, 0.29) is 18.3 Å². The van der Waals surface area contributed by atoms with Crippen LogP contribution >= 0.6 is 15.9 Å². The van der Waals surface area contributed by atoms with Crippen molar-refractivity contribution in [2.24, 2.45) is 0 Å². The maximum absolute atomic E-state index is 13.9. The van der Waals surface area contributed by atoms with Gasteiger partial charge >= 0.3 is 0 Å². The second-order valence-corrected chi connectivity index (χ2v) is 5.82. The molecule has 0 heterocycles. The molecule has 2 aromatic rings. The zero-order chi connectivity index (χ0) is 16.8. The lowest BCUT2D eigenvalue weighted by Crippen LogP contribution is -2.13. The average Bonchev–Trinajstić information content (AvgIpc) is 2.49. The molecule has 1 N–H and O–H groups in total. The van der Waals surface area contributed by atoms with Crippen LogP contribution in [0.4, 0.5) is 10.1 Å². The number of aryl methyl sites for hydroxylation is 1. The summed E-state index contributed by atoms with van der Waals surface area (Å²) < 4.78 is 24.9. The van der Waals surface area contributed by atoms with Crippen LogP contribution in [-0.2, 0) is 4.74 Å². The summed E-state index contributed by atoms with van der Waals surface area (Å²) >= 11 is 3.35. The van der Waals surface area contributed by atoms with Gasteiger partial charge in [-0.05, 0) is 42.8 Å². The van der Waals surface area contributed by atoms with Crippen molar-refractivity contribution in [1.82, 2.24) is 0 Å². The second kappa shape index (κ2) is 8.08. The number of ether oxygens (including phenoxy) is 2. The molecule has 0 atom stereocenters. The Morgan fingerprint density at radius 1 is 1.22 bits per heavy atom. The van der Waals surface area contributed by atoms with Gasteiger partial charge in [0.1, 0.15) is 6.61 Å². The van der Waals surface area contributed by atoms with Crippen molar-refractivity contribution in [2.75, 3.05) is 25.6 Å². The van der Waals surface area contributed by atoms with Crippen LogP contribution in [0, 0.1) is 12.7 Å². The van der Waals surface area contributed by atoms with Gasteiger partial charge in [-0.1, -0.05) is 15.9 Å². The molecule has 0 unspecified atom stereocenters. The number of halogens is 2. The first-order chi connectivity index (χ1) is 11.0. The molecule has 2 rings (SSSR count). The van der Waals surface area contributed by atoms with Gasteiger partial charge in [0.05, 0.1) is 6.61 Å². The Balaban J connectivity index is 2.08. The van der Waals surface area contributed by atoms with Gasteiger partial charge in [-0.25, -0.2) is 4.39 Å². The van der Waals surface area contributed by atoms with Crippen molar-refractivity contribution >= 4 is 27.5 Å². The van der Waals surface area contributed by atoms with Crippen molar-refractivity contribution in [3.05, 3.63) is 57.8 Å². The van der Waals surface area contributed by atoms with Gasteiger partial charge < -0.3 is 14.8 Å². The number of nitrogens with one attached hydrogen (secondary N) is 1. The summed E-state index contributed by atoms with van der Waals surface area (Å²) in [5, 5.41) is 2.68. The van der Waals surface area contributed by atoms with Gasteiger partial charge in [0.25, 0.3) is 5.91 Å². The maximum Gasteiger partial charge on any atom is 0.255 e. The summed E-state index contributed by atoms with van der Waals surface area (Å²) in [7, 11) is 1.54. The lowest BCUT2D eigenvalue weighted by atomic mass is 10.1. The number of hydrogen-bond donors (Lipinski definition) is 1. The Hall–Kier alpha value is -1.92. The molecule has 0 aliphatic carbocycles. The van der Waals surface area contributed by atoms with Gasteiger partial charge in [-0.15, -0.1) is 0 Å². The topological polar surface area (TPSA) is 47.6 Å². The Kier molecular flexibility index (Phi) is 6.12. The summed E-state index contributed by atoms with van der Waals surface area (Å²) in [6.45, 7) is 2.48. The summed E-state index contributed by atoms with van der Waals surface area (Å²) in [5.74, 6) is -0.700. The van der Waals surface area contributed by atoms with Crippen LogP contribution in [0.3, 0.4) is 0 Å². The molecule has 2 aromatic carbocycles. The molecule has 0 aliphatic heterocycles. The van der Waals surface area contributed by atoms with E-state index in [4.69, 9.17) is 9.47 Å². The summed E-state index contributed by atoms with van der Waals surface area (Å²) in [6.07, 6.45) is 0. The predicted octanol–water partition coefficient (Wildman–Crippen LogP) is 4.17.